The highest BCUT2D eigenvalue weighted by Gasteiger charge is 2.20. The molecule has 2 unspecified atom stereocenters. The molecule has 0 fully saturated rings. The molecule has 6 N–H and O–H groups in total. The van der Waals surface area contributed by atoms with Crippen LogP contribution in [0.1, 0.15) is 34.8 Å². The third-order valence-corrected chi connectivity index (χ3v) is 5.26. The summed E-state index contributed by atoms with van der Waals surface area (Å²) in [6.07, 6.45) is 2.34. The summed E-state index contributed by atoms with van der Waals surface area (Å²) in [6.45, 7) is 0.191. The second-order valence-corrected chi connectivity index (χ2v) is 7.41. The quantitative estimate of drug-likeness (QED) is 0.427. The van der Waals surface area contributed by atoms with Gasteiger partial charge in [0.2, 0.25) is 0 Å². The van der Waals surface area contributed by atoms with E-state index in [1.165, 1.54) is 11.1 Å². The number of carbonyl (C=O) groups is 1. The minimum Gasteiger partial charge on any atom is -0.508 e. The SMILES string of the molecule is NC(=O)COc1ccc2c(c1)CC(NCC(O)c1ccc(O)c(CCO)c1)CC2. The molecule has 0 aromatic heterocycles. The summed E-state index contributed by atoms with van der Waals surface area (Å²) in [5.74, 6) is 0.248. The van der Waals surface area contributed by atoms with Crippen LogP contribution in [0.4, 0.5) is 0 Å². The average Bonchev–Trinajstić information content (AvgIpc) is 2.71. The number of ether oxygens (including phenoxy) is 1. The number of hydrogen-bond donors (Lipinski definition) is 5. The van der Waals surface area contributed by atoms with Gasteiger partial charge in [-0.2, -0.15) is 0 Å². The standard InChI is InChI=1S/C22H28N2O5/c23-22(28)13-29-19-5-2-14-1-4-18(10-17(14)11-19)24-12-21(27)15-3-6-20(26)16(9-15)7-8-25/h2-3,5-6,9,11,18,21,24-27H,1,4,7-8,10,12-13H2,(H2,23,28). The molecule has 0 heterocycles. The fourth-order valence-corrected chi connectivity index (χ4v) is 3.68. The van der Waals surface area contributed by atoms with Crippen molar-refractivity contribution in [2.75, 3.05) is 19.8 Å². The van der Waals surface area contributed by atoms with Gasteiger partial charge < -0.3 is 31.1 Å². The summed E-state index contributed by atoms with van der Waals surface area (Å²) in [6, 6.07) is 11.0. The molecule has 0 radical (unpaired) electrons. The second-order valence-electron chi connectivity index (χ2n) is 7.41. The monoisotopic (exact) mass is 400 g/mol. The number of hydrogen-bond acceptors (Lipinski definition) is 6. The van der Waals surface area contributed by atoms with Crippen molar-refractivity contribution in [1.82, 2.24) is 5.32 Å². The van der Waals surface area contributed by atoms with Gasteiger partial charge in [-0.15, -0.1) is 0 Å². The van der Waals surface area contributed by atoms with Gasteiger partial charge >= 0.3 is 0 Å². The average molecular weight is 400 g/mol. The highest BCUT2D eigenvalue weighted by atomic mass is 16.5. The molecule has 7 heteroatoms. The van der Waals surface area contributed by atoms with Gasteiger partial charge in [0, 0.05) is 19.2 Å². The number of rotatable bonds is 9. The maximum absolute atomic E-state index is 10.9. The molecule has 1 aliphatic rings. The molecule has 156 valence electrons. The normalized spacial score (nSPS) is 16.8. The Hall–Kier alpha value is -2.61. The zero-order valence-corrected chi connectivity index (χ0v) is 16.3. The molecular weight excluding hydrogens is 372 g/mol. The first-order valence-electron chi connectivity index (χ1n) is 9.83. The lowest BCUT2D eigenvalue weighted by atomic mass is 9.88. The minimum absolute atomic E-state index is 0.0576. The van der Waals surface area contributed by atoms with E-state index >= 15 is 0 Å². The van der Waals surface area contributed by atoms with Crippen molar-refractivity contribution in [1.29, 1.82) is 0 Å². The summed E-state index contributed by atoms with van der Waals surface area (Å²) >= 11 is 0. The van der Waals surface area contributed by atoms with E-state index in [2.05, 4.69) is 5.32 Å². The number of amides is 1. The Morgan fingerprint density at radius 1 is 1.24 bits per heavy atom. The molecule has 2 aromatic carbocycles. The maximum Gasteiger partial charge on any atom is 0.255 e. The van der Waals surface area contributed by atoms with Crippen LogP contribution in [0.2, 0.25) is 0 Å². The lowest BCUT2D eigenvalue weighted by molar-refractivity contribution is -0.119. The fourth-order valence-electron chi connectivity index (χ4n) is 3.68. The predicted octanol–water partition coefficient (Wildman–Crippen LogP) is 0.972. The highest BCUT2D eigenvalue weighted by molar-refractivity contribution is 5.75. The highest BCUT2D eigenvalue weighted by Crippen LogP contribution is 2.27. The predicted molar refractivity (Wildman–Crippen MR) is 109 cm³/mol. The first-order valence-corrected chi connectivity index (χ1v) is 9.83. The van der Waals surface area contributed by atoms with Crippen molar-refractivity contribution in [3.8, 4) is 11.5 Å². The van der Waals surface area contributed by atoms with Crippen molar-refractivity contribution in [3.63, 3.8) is 0 Å². The van der Waals surface area contributed by atoms with E-state index in [0.717, 1.165) is 19.3 Å². The van der Waals surface area contributed by atoms with Crippen LogP contribution in [0.25, 0.3) is 0 Å². The molecule has 2 atom stereocenters. The maximum atomic E-state index is 10.9. The first kappa shape index (κ1) is 21.1. The topological polar surface area (TPSA) is 125 Å². The van der Waals surface area contributed by atoms with E-state index in [9.17, 15) is 15.0 Å². The van der Waals surface area contributed by atoms with Gasteiger partial charge in [-0.3, -0.25) is 4.79 Å². The van der Waals surface area contributed by atoms with Crippen LogP contribution in [-0.4, -0.2) is 47.0 Å². The number of nitrogens with one attached hydrogen (secondary N) is 1. The molecule has 2 aromatic rings. The number of carbonyl (C=O) groups excluding carboxylic acids is 1. The van der Waals surface area contributed by atoms with Gasteiger partial charge in [-0.05, 0) is 72.2 Å². The molecule has 0 saturated carbocycles. The van der Waals surface area contributed by atoms with Crippen molar-refractivity contribution >= 4 is 5.91 Å². The van der Waals surface area contributed by atoms with Gasteiger partial charge in [-0.25, -0.2) is 0 Å². The van der Waals surface area contributed by atoms with Gasteiger partial charge in [0.15, 0.2) is 6.61 Å². The Kier molecular flexibility index (Phi) is 7.09. The molecule has 0 aliphatic heterocycles. The number of aliphatic hydroxyl groups excluding tert-OH is 2. The number of benzene rings is 2. The van der Waals surface area contributed by atoms with Crippen LogP contribution >= 0.6 is 0 Å². The smallest absolute Gasteiger partial charge is 0.255 e. The van der Waals surface area contributed by atoms with Gasteiger partial charge in [-0.1, -0.05) is 12.1 Å². The van der Waals surface area contributed by atoms with Crippen LogP contribution in [-0.2, 0) is 24.1 Å². The van der Waals surface area contributed by atoms with Crippen molar-refractivity contribution in [3.05, 3.63) is 58.7 Å². The van der Waals surface area contributed by atoms with E-state index < -0.39 is 12.0 Å². The molecule has 1 amide bonds. The van der Waals surface area contributed by atoms with E-state index in [1.54, 1.807) is 18.2 Å². The van der Waals surface area contributed by atoms with Crippen molar-refractivity contribution in [2.45, 2.75) is 37.8 Å². The molecule has 0 spiro atoms. The summed E-state index contributed by atoms with van der Waals surface area (Å²) in [5.41, 5.74) is 8.89. The lowest BCUT2D eigenvalue weighted by Crippen LogP contribution is -2.37. The van der Waals surface area contributed by atoms with E-state index in [0.29, 0.717) is 29.8 Å². The largest absolute Gasteiger partial charge is 0.508 e. The van der Waals surface area contributed by atoms with Crippen molar-refractivity contribution < 1.29 is 24.9 Å². The number of primary amides is 1. The summed E-state index contributed by atoms with van der Waals surface area (Å²) < 4.78 is 5.39. The Bertz CT molecular complexity index is 855. The second kappa shape index (κ2) is 9.73. The molecule has 0 saturated heterocycles. The number of phenolic OH excluding ortho intramolecular Hbond substituents is 1. The van der Waals surface area contributed by atoms with Crippen molar-refractivity contribution in [2.24, 2.45) is 5.73 Å². The van der Waals surface area contributed by atoms with Crippen LogP contribution in [0.5, 0.6) is 11.5 Å². The van der Waals surface area contributed by atoms with Crippen LogP contribution in [0, 0.1) is 0 Å². The molecule has 29 heavy (non-hydrogen) atoms. The van der Waals surface area contributed by atoms with Gasteiger partial charge in [0.1, 0.15) is 11.5 Å². The first-order chi connectivity index (χ1) is 14.0. The third-order valence-electron chi connectivity index (χ3n) is 5.26. The van der Waals surface area contributed by atoms with Crippen LogP contribution < -0.4 is 15.8 Å². The third kappa shape index (κ3) is 5.69. The van der Waals surface area contributed by atoms with Crippen LogP contribution in [0.15, 0.2) is 36.4 Å². The summed E-state index contributed by atoms with van der Waals surface area (Å²) in [5, 5.41) is 32.9. The van der Waals surface area contributed by atoms with Gasteiger partial charge in [0.05, 0.1) is 6.10 Å². The Morgan fingerprint density at radius 3 is 2.83 bits per heavy atom. The number of nitrogens with two attached hydrogens (primary N) is 1. The molecule has 1 aliphatic carbocycles. The molecular formula is C22H28N2O5. The van der Waals surface area contributed by atoms with E-state index in [-0.39, 0.29) is 25.0 Å². The Balaban J connectivity index is 1.58. The Morgan fingerprint density at radius 2 is 2.07 bits per heavy atom. The lowest BCUT2D eigenvalue weighted by Gasteiger charge is -2.27. The fraction of sp³-hybridized carbons (Fsp3) is 0.409. The zero-order valence-electron chi connectivity index (χ0n) is 16.3. The van der Waals surface area contributed by atoms with E-state index in [1.807, 2.05) is 18.2 Å². The molecule has 7 nitrogen and oxygen atoms in total. The molecule has 3 rings (SSSR count). The van der Waals surface area contributed by atoms with E-state index in [4.69, 9.17) is 15.6 Å². The number of phenols is 1. The summed E-state index contributed by atoms with van der Waals surface area (Å²) in [4.78, 5) is 10.9. The van der Waals surface area contributed by atoms with Crippen LogP contribution in [0.3, 0.4) is 0 Å². The number of fused-ring (bicyclic) bond motifs is 1. The zero-order chi connectivity index (χ0) is 20.8. The Labute approximate surface area is 170 Å². The number of aliphatic hydroxyl groups is 2. The summed E-state index contributed by atoms with van der Waals surface area (Å²) in [7, 11) is 0. The van der Waals surface area contributed by atoms with Gasteiger partial charge in [0.25, 0.3) is 5.91 Å². The minimum atomic E-state index is -0.709. The number of aromatic hydroxyl groups is 1. The number of aryl methyl sites for hydroxylation is 1. The molecule has 0 bridgehead atoms.